The maximum atomic E-state index is 17.0. The zero-order valence-electron chi connectivity index (χ0n) is 49.3. The van der Waals surface area contributed by atoms with Gasteiger partial charge in [-0.05, 0) is 65.9 Å². The summed E-state index contributed by atoms with van der Waals surface area (Å²) in [6.07, 6.45) is -0.273. The van der Waals surface area contributed by atoms with Crippen molar-refractivity contribution in [3.63, 3.8) is 0 Å². The maximum Gasteiger partial charge on any atom is 0.243 e. The molecule has 24 heteroatoms. The molecule has 0 aliphatic carbocycles. The second-order valence-corrected chi connectivity index (χ2v) is 23.0. The number of halogens is 2. The van der Waals surface area contributed by atoms with E-state index in [1.165, 1.54) is 22.3 Å². The predicted molar refractivity (Wildman–Crippen MR) is 326 cm³/mol. The molecule has 2 aliphatic heterocycles. The molecule has 5 heterocycles. The van der Waals surface area contributed by atoms with E-state index in [4.69, 9.17) is 40.1 Å². The number of benzene rings is 4. The fourth-order valence-electron chi connectivity index (χ4n) is 10.8. The number of aliphatic hydroxyl groups is 1. The smallest absolute Gasteiger partial charge is 0.243 e. The normalized spacial score (nSPS) is 15.7. The molecule has 2 saturated heterocycles. The molecule has 2 fully saturated rings. The number of carbonyl (C=O) groups excluding carboxylic acids is 4. The average Bonchev–Trinajstić information content (AvgIpc) is 1.60. The van der Waals surface area contributed by atoms with Crippen molar-refractivity contribution in [3.8, 4) is 33.1 Å². The van der Waals surface area contributed by atoms with E-state index >= 15 is 4.39 Å². The first-order valence-electron chi connectivity index (χ1n) is 29.0. The lowest BCUT2D eigenvalue weighted by molar-refractivity contribution is -0.141. The topological polar surface area (TPSA) is 247 Å². The fraction of sp³-hybridized carbons (Fsp3) is 0.452. The first-order chi connectivity index (χ1) is 41.5. The van der Waals surface area contributed by atoms with Gasteiger partial charge in [0.1, 0.15) is 47.2 Å². The molecular formula is C62H74ClFN10O11S. The highest BCUT2D eigenvalue weighted by molar-refractivity contribution is 7.13. The third-order valence-corrected chi connectivity index (χ3v) is 16.6. The van der Waals surface area contributed by atoms with Gasteiger partial charge in [-0.25, -0.2) is 14.4 Å². The Labute approximate surface area is 507 Å². The number of likely N-dealkylation sites (N-methyl/N-ethyl adjacent to an activating group) is 1. The number of amides is 4. The van der Waals surface area contributed by atoms with Crippen LogP contribution in [-0.2, 0) is 39.9 Å². The first-order valence-corrected chi connectivity index (χ1v) is 30.3. The summed E-state index contributed by atoms with van der Waals surface area (Å²) in [4.78, 5) is 75.1. The van der Waals surface area contributed by atoms with Crippen molar-refractivity contribution in [2.45, 2.75) is 78.5 Å². The summed E-state index contributed by atoms with van der Waals surface area (Å²) in [5.41, 5.74) is 5.45. The number of likely N-dealkylation sites (tertiary alicyclic amines) is 1. The lowest BCUT2D eigenvalue weighted by atomic mass is 9.91. The van der Waals surface area contributed by atoms with Crippen molar-refractivity contribution in [3.05, 3.63) is 106 Å². The van der Waals surface area contributed by atoms with Crippen LogP contribution < -0.4 is 20.3 Å². The van der Waals surface area contributed by atoms with E-state index in [-0.39, 0.29) is 110 Å². The number of nitrogens with one attached hydrogen (secondary N) is 2. The van der Waals surface area contributed by atoms with Crippen LogP contribution in [0.2, 0.25) is 5.02 Å². The number of aromatic nitrogens is 4. The molecule has 4 amide bonds. The SMILES string of the molecule is CCC(=O)N1CCN(c2nc(NCCC(=O)N(C)CCOCCOCCOCCOc3cc(-c4scnc4C)ccc3CNC(=O)[C@@H]3C[C@@H](O)CN3C(=O)[C@@H](c3cc(C)no3)C(C)C)nc3c(F)c(-c4cc(O)cc5ccccc45)c(Cl)cc23)CC1. The second-order valence-electron chi connectivity index (χ2n) is 21.7. The van der Waals surface area contributed by atoms with Gasteiger partial charge in [0.15, 0.2) is 5.82 Å². The van der Waals surface area contributed by atoms with E-state index in [0.29, 0.717) is 116 Å². The molecule has 21 nitrogen and oxygen atoms in total. The summed E-state index contributed by atoms with van der Waals surface area (Å²) >= 11 is 8.42. The number of aryl methyl sites for hydroxylation is 2. The van der Waals surface area contributed by atoms with Gasteiger partial charge >= 0.3 is 0 Å². The number of aliphatic hydroxyl groups excluding tert-OH is 1. The Bertz CT molecular complexity index is 3520. The van der Waals surface area contributed by atoms with Crippen LogP contribution in [0.1, 0.15) is 68.7 Å². The summed E-state index contributed by atoms with van der Waals surface area (Å²) in [5.74, 6) is -0.801. The van der Waals surface area contributed by atoms with Gasteiger partial charge < -0.3 is 63.9 Å². The van der Waals surface area contributed by atoms with Crippen LogP contribution in [0.3, 0.4) is 0 Å². The van der Waals surface area contributed by atoms with Crippen LogP contribution in [0, 0.1) is 25.6 Å². The number of thiazole rings is 1. The Morgan fingerprint density at radius 2 is 1.65 bits per heavy atom. The number of nitrogens with zero attached hydrogens (tertiary/aromatic N) is 8. The number of phenols is 1. The molecule has 2 aliphatic rings. The minimum Gasteiger partial charge on any atom is -0.508 e. The molecule has 458 valence electrons. The van der Waals surface area contributed by atoms with Crippen molar-refractivity contribution in [2.24, 2.45) is 5.92 Å². The number of anilines is 2. The van der Waals surface area contributed by atoms with Gasteiger partial charge in [-0.2, -0.15) is 4.98 Å². The van der Waals surface area contributed by atoms with E-state index < -0.39 is 23.9 Å². The van der Waals surface area contributed by atoms with Gasteiger partial charge in [0.25, 0.3) is 0 Å². The Kier molecular flexibility index (Phi) is 21.4. The monoisotopic (exact) mass is 1220 g/mol. The minimum absolute atomic E-state index is 0.0135. The summed E-state index contributed by atoms with van der Waals surface area (Å²) in [6, 6.07) is 18.7. The summed E-state index contributed by atoms with van der Waals surface area (Å²) in [5, 5.41) is 33.3. The van der Waals surface area contributed by atoms with E-state index in [0.717, 1.165) is 16.1 Å². The molecule has 86 heavy (non-hydrogen) atoms. The Morgan fingerprint density at radius 1 is 0.919 bits per heavy atom. The molecule has 3 atom stereocenters. The molecule has 0 radical (unpaired) electrons. The number of phenolic OH excluding ortho intramolecular Hbond substituents is 1. The number of β-amino-alcohol motifs (C(OH)–C–C–N with tert-alkyl or cyclic N) is 1. The number of hydrogen-bond donors (Lipinski definition) is 4. The highest BCUT2D eigenvalue weighted by Crippen LogP contribution is 2.43. The Balaban J connectivity index is 0.708. The summed E-state index contributed by atoms with van der Waals surface area (Å²) < 4.78 is 46.1. The van der Waals surface area contributed by atoms with Crippen LogP contribution in [0.4, 0.5) is 16.2 Å². The molecule has 3 aromatic heterocycles. The van der Waals surface area contributed by atoms with Crippen molar-refractivity contribution in [1.29, 1.82) is 0 Å². The second kappa shape index (κ2) is 29.2. The van der Waals surface area contributed by atoms with Gasteiger partial charge in [0, 0.05) is 101 Å². The fourth-order valence-corrected chi connectivity index (χ4v) is 11.9. The largest absolute Gasteiger partial charge is 0.508 e. The van der Waals surface area contributed by atoms with Crippen molar-refractivity contribution in [1.82, 2.24) is 40.1 Å². The van der Waals surface area contributed by atoms with E-state index in [1.54, 1.807) is 47.5 Å². The molecule has 0 spiro atoms. The van der Waals surface area contributed by atoms with Crippen LogP contribution in [0.15, 0.2) is 76.8 Å². The molecule has 0 bridgehead atoms. The average molecular weight is 1220 g/mol. The van der Waals surface area contributed by atoms with Gasteiger partial charge in [-0.15, -0.1) is 11.3 Å². The lowest BCUT2D eigenvalue weighted by Crippen LogP contribution is -2.49. The number of aromatic hydroxyl groups is 1. The highest BCUT2D eigenvalue weighted by atomic mass is 35.5. The molecule has 4 N–H and O–H groups in total. The van der Waals surface area contributed by atoms with Crippen LogP contribution in [0.25, 0.3) is 43.2 Å². The number of rotatable bonds is 27. The Morgan fingerprint density at radius 3 is 2.35 bits per heavy atom. The van der Waals surface area contributed by atoms with Gasteiger partial charge in [-0.1, -0.05) is 73.9 Å². The molecule has 4 aromatic carbocycles. The first kappa shape index (κ1) is 63.0. The van der Waals surface area contributed by atoms with Crippen molar-refractivity contribution in [2.75, 3.05) is 109 Å². The maximum absolute atomic E-state index is 17.0. The molecule has 0 saturated carbocycles. The number of fused-ring (bicyclic) bond motifs is 2. The standard InChI is InChI=1S/C62H74ClFN10O11S/c1-7-52(77)72-16-18-73(19-17-72)59-47-33-48(63)55(46-31-43(75)29-40-10-8-9-11-45(40)46)56(64)57(47)68-62(69-59)65-15-14-53(78)71(6)20-21-81-22-23-82-24-25-83-26-27-84-50-30-41(58-39(5)67-36-86-58)12-13-42(50)34-66-60(79)49-32-44(76)35-74(49)61(80)54(37(2)3)51-28-38(4)70-85-51/h8-13,28-31,33,36-37,44,49,54,75-76H,7,14-27,32,34-35H2,1-6H3,(H,66,79)(H,65,68,69)/t44-,49+,54-/m1/s1. The van der Waals surface area contributed by atoms with E-state index in [1.807, 2.05) is 75.1 Å². The molecular weight excluding hydrogens is 1150 g/mol. The van der Waals surface area contributed by atoms with Gasteiger partial charge in [0.2, 0.25) is 29.6 Å². The number of piperazine rings is 1. The quantitative estimate of drug-likeness (QED) is 0.0355. The molecule has 0 unspecified atom stereocenters. The highest BCUT2D eigenvalue weighted by Gasteiger charge is 2.43. The lowest BCUT2D eigenvalue weighted by Gasteiger charge is -2.36. The zero-order chi connectivity index (χ0) is 61.0. The van der Waals surface area contributed by atoms with Gasteiger partial charge in [-0.3, -0.25) is 19.2 Å². The van der Waals surface area contributed by atoms with E-state index in [2.05, 4.69) is 25.8 Å². The van der Waals surface area contributed by atoms with Crippen molar-refractivity contribution < 1.29 is 57.3 Å². The van der Waals surface area contributed by atoms with Gasteiger partial charge in [0.05, 0.1) is 72.5 Å². The van der Waals surface area contributed by atoms with Crippen LogP contribution in [-0.4, -0.2) is 180 Å². The summed E-state index contributed by atoms with van der Waals surface area (Å²) in [7, 11) is 1.69. The van der Waals surface area contributed by atoms with E-state index in [9.17, 15) is 29.4 Å². The Hall–Kier alpha value is -7.54. The zero-order valence-corrected chi connectivity index (χ0v) is 50.8. The molecule has 7 aromatic rings. The number of hydrogen-bond acceptors (Lipinski definition) is 18. The van der Waals surface area contributed by atoms with Crippen molar-refractivity contribution >= 4 is 80.0 Å². The summed E-state index contributed by atoms with van der Waals surface area (Å²) in [6.45, 7) is 13.8. The predicted octanol–water partition coefficient (Wildman–Crippen LogP) is 8.14. The minimum atomic E-state index is -0.878. The van der Waals surface area contributed by atoms with Crippen LogP contribution in [0.5, 0.6) is 11.5 Å². The molecule has 9 rings (SSSR count). The third kappa shape index (κ3) is 15.2. The number of ether oxygens (including phenoxy) is 4. The third-order valence-electron chi connectivity index (χ3n) is 15.3. The number of carbonyl (C=O) groups is 4. The van der Waals surface area contributed by atoms with Crippen LogP contribution >= 0.6 is 22.9 Å².